The maximum Gasteiger partial charge on any atom is 0.277 e. The average Bonchev–Trinajstić information content (AvgIpc) is 3.39. The highest BCUT2D eigenvalue weighted by molar-refractivity contribution is 7.99. The first-order valence-corrected chi connectivity index (χ1v) is 10.7. The summed E-state index contributed by atoms with van der Waals surface area (Å²) in [5.74, 6) is 0.670. The van der Waals surface area contributed by atoms with E-state index in [-0.39, 0.29) is 17.7 Å². The fourth-order valence-corrected chi connectivity index (χ4v) is 4.47. The van der Waals surface area contributed by atoms with Gasteiger partial charge in [0, 0.05) is 17.1 Å². The second kappa shape index (κ2) is 7.75. The molecule has 2 heterocycles. The van der Waals surface area contributed by atoms with Crippen molar-refractivity contribution in [3.8, 4) is 11.5 Å². The quantitative estimate of drug-likeness (QED) is 0.478. The van der Waals surface area contributed by atoms with Crippen molar-refractivity contribution in [2.75, 3.05) is 5.75 Å². The number of aromatic nitrogens is 3. The Hall–Kier alpha value is -3.06. The topological polar surface area (TPSA) is 83.8 Å². The molecule has 0 saturated carbocycles. The molecule has 1 amide bonds. The number of para-hydroxylation sites is 1. The standard InChI is InChI=1S/C22H20N4O2S/c27-20(24-19-11-5-7-14-6-1-2-8-15(14)19)13-29-22-26-25-21(28-22)17-12-23-18-10-4-3-9-16(17)18/h1-4,6,8-10,12,19,23H,5,7,11,13H2,(H,24,27). The predicted molar refractivity (Wildman–Crippen MR) is 113 cm³/mol. The Kier molecular flexibility index (Phi) is 4.81. The van der Waals surface area contributed by atoms with Gasteiger partial charge in [-0.3, -0.25) is 4.79 Å². The van der Waals surface area contributed by atoms with E-state index in [9.17, 15) is 4.79 Å². The fraction of sp³-hybridized carbons (Fsp3) is 0.227. The van der Waals surface area contributed by atoms with E-state index in [1.807, 2.05) is 36.5 Å². The molecule has 0 radical (unpaired) electrons. The normalized spacial score (nSPS) is 15.9. The predicted octanol–water partition coefficient (Wildman–Crippen LogP) is 4.50. The van der Waals surface area contributed by atoms with Gasteiger partial charge in [-0.15, -0.1) is 10.2 Å². The highest BCUT2D eigenvalue weighted by Crippen LogP contribution is 2.31. The van der Waals surface area contributed by atoms with E-state index in [1.165, 1.54) is 22.9 Å². The van der Waals surface area contributed by atoms with Crippen LogP contribution in [0.5, 0.6) is 0 Å². The van der Waals surface area contributed by atoms with Crippen molar-refractivity contribution in [2.24, 2.45) is 0 Å². The number of hydrogen-bond acceptors (Lipinski definition) is 5. The second-order valence-corrected chi connectivity index (χ2v) is 8.05. The minimum absolute atomic E-state index is 0.0245. The first-order valence-electron chi connectivity index (χ1n) is 9.68. The van der Waals surface area contributed by atoms with Crippen LogP contribution in [0.2, 0.25) is 0 Å². The summed E-state index contributed by atoms with van der Waals surface area (Å²) in [6, 6.07) is 16.4. The molecule has 1 atom stereocenters. The highest BCUT2D eigenvalue weighted by Gasteiger charge is 2.22. The number of amides is 1. The van der Waals surface area contributed by atoms with Crippen molar-refractivity contribution in [2.45, 2.75) is 30.5 Å². The monoisotopic (exact) mass is 404 g/mol. The lowest BCUT2D eigenvalue weighted by Crippen LogP contribution is -2.32. The Bertz CT molecular complexity index is 1170. The Morgan fingerprint density at radius 2 is 2.03 bits per heavy atom. The summed E-state index contributed by atoms with van der Waals surface area (Å²) in [4.78, 5) is 15.7. The number of aryl methyl sites for hydroxylation is 1. The summed E-state index contributed by atoms with van der Waals surface area (Å²) in [7, 11) is 0. The molecule has 1 aliphatic carbocycles. The summed E-state index contributed by atoms with van der Waals surface area (Å²) >= 11 is 1.26. The van der Waals surface area contributed by atoms with Crippen LogP contribution in [-0.2, 0) is 11.2 Å². The highest BCUT2D eigenvalue weighted by atomic mass is 32.2. The van der Waals surface area contributed by atoms with Crippen LogP contribution in [0.25, 0.3) is 22.4 Å². The molecule has 1 unspecified atom stereocenters. The number of rotatable bonds is 5. The minimum Gasteiger partial charge on any atom is -0.411 e. The largest absolute Gasteiger partial charge is 0.411 e. The lowest BCUT2D eigenvalue weighted by Gasteiger charge is -2.26. The van der Waals surface area contributed by atoms with Crippen LogP contribution in [0.1, 0.15) is 30.0 Å². The van der Waals surface area contributed by atoms with Crippen LogP contribution in [0.4, 0.5) is 0 Å². The number of H-pyrrole nitrogens is 1. The molecule has 2 aromatic heterocycles. The zero-order chi connectivity index (χ0) is 19.6. The van der Waals surface area contributed by atoms with Crippen molar-refractivity contribution in [3.05, 3.63) is 65.9 Å². The van der Waals surface area contributed by atoms with Crippen molar-refractivity contribution >= 4 is 28.6 Å². The average molecular weight is 404 g/mol. The lowest BCUT2D eigenvalue weighted by atomic mass is 9.88. The molecule has 0 spiro atoms. The molecule has 0 bridgehead atoms. The number of carbonyl (C=O) groups excluding carboxylic acids is 1. The van der Waals surface area contributed by atoms with Crippen molar-refractivity contribution in [1.29, 1.82) is 0 Å². The first-order chi connectivity index (χ1) is 14.3. The van der Waals surface area contributed by atoms with E-state index in [0.717, 1.165) is 35.7 Å². The summed E-state index contributed by atoms with van der Waals surface area (Å²) in [6.07, 6.45) is 5.00. The van der Waals surface area contributed by atoms with Crippen LogP contribution < -0.4 is 5.32 Å². The number of hydrogen-bond donors (Lipinski definition) is 2. The Labute approximate surface area is 172 Å². The number of nitrogens with zero attached hydrogens (tertiary/aromatic N) is 2. The molecule has 0 saturated heterocycles. The van der Waals surface area contributed by atoms with Crippen molar-refractivity contribution in [1.82, 2.24) is 20.5 Å². The zero-order valence-electron chi connectivity index (χ0n) is 15.7. The summed E-state index contributed by atoms with van der Waals surface area (Å²) in [5, 5.41) is 12.8. The van der Waals surface area contributed by atoms with Gasteiger partial charge in [0.15, 0.2) is 0 Å². The van der Waals surface area contributed by atoms with Gasteiger partial charge >= 0.3 is 0 Å². The molecule has 4 aromatic rings. The van der Waals surface area contributed by atoms with Gasteiger partial charge in [0.25, 0.3) is 11.1 Å². The zero-order valence-corrected chi connectivity index (χ0v) is 16.5. The fourth-order valence-electron chi connectivity index (χ4n) is 3.89. The second-order valence-electron chi connectivity index (χ2n) is 7.12. The van der Waals surface area contributed by atoms with Gasteiger partial charge in [0.2, 0.25) is 5.91 Å². The number of fused-ring (bicyclic) bond motifs is 2. The van der Waals surface area contributed by atoms with E-state index < -0.39 is 0 Å². The van der Waals surface area contributed by atoms with E-state index in [2.05, 4.69) is 38.7 Å². The molecular formula is C22H20N4O2S. The lowest BCUT2D eigenvalue weighted by molar-refractivity contribution is -0.119. The van der Waals surface area contributed by atoms with E-state index >= 15 is 0 Å². The minimum atomic E-state index is -0.0245. The molecule has 1 aliphatic rings. The molecule has 146 valence electrons. The SMILES string of the molecule is O=C(CSc1nnc(-c2c[nH]c3ccccc23)o1)NC1CCCc2ccccc21. The Morgan fingerprint density at radius 1 is 1.17 bits per heavy atom. The van der Waals surface area contributed by atoms with Gasteiger partial charge in [-0.2, -0.15) is 0 Å². The molecule has 2 aromatic carbocycles. The van der Waals surface area contributed by atoms with Crippen LogP contribution in [0.3, 0.4) is 0 Å². The smallest absolute Gasteiger partial charge is 0.277 e. The van der Waals surface area contributed by atoms with E-state index in [1.54, 1.807) is 0 Å². The maximum atomic E-state index is 12.5. The molecule has 0 fully saturated rings. The number of aromatic amines is 1. The molecule has 29 heavy (non-hydrogen) atoms. The first kappa shape index (κ1) is 18.0. The Balaban J connectivity index is 1.23. The van der Waals surface area contributed by atoms with Gasteiger partial charge in [0.1, 0.15) is 0 Å². The van der Waals surface area contributed by atoms with Gasteiger partial charge in [-0.1, -0.05) is 54.2 Å². The van der Waals surface area contributed by atoms with Gasteiger partial charge in [-0.05, 0) is 36.5 Å². The summed E-state index contributed by atoms with van der Waals surface area (Å²) < 4.78 is 5.77. The van der Waals surface area contributed by atoms with Crippen LogP contribution >= 0.6 is 11.8 Å². The molecule has 7 heteroatoms. The van der Waals surface area contributed by atoms with Gasteiger partial charge in [-0.25, -0.2) is 0 Å². The van der Waals surface area contributed by atoms with E-state index in [0.29, 0.717) is 11.1 Å². The molecule has 0 aliphatic heterocycles. The number of benzene rings is 2. The molecule has 2 N–H and O–H groups in total. The van der Waals surface area contributed by atoms with Crippen LogP contribution in [0, 0.1) is 0 Å². The van der Waals surface area contributed by atoms with Gasteiger partial charge < -0.3 is 14.7 Å². The molecular weight excluding hydrogens is 384 g/mol. The van der Waals surface area contributed by atoms with Crippen molar-refractivity contribution < 1.29 is 9.21 Å². The molecule has 5 rings (SSSR count). The Morgan fingerprint density at radius 3 is 3.00 bits per heavy atom. The molecule has 6 nitrogen and oxygen atoms in total. The van der Waals surface area contributed by atoms with Crippen LogP contribution in [0.15, 0.2) is 64.4 Å². The number of thioether (sulfide) groups is 1. The van der Waals surface area contributed by atoms with E-state index in [4.69, 9.17) is 4.42 Å². The third kappa shape index (κ3) is 3.65. The maximum absolute atomic E-state index is 12.5. The number of carbonyl (C=O) groups is 1. The summed E-state index contributed by atoms with van der Waals surface area (Å²) in [5.41, 5.74) is 4.44. The van der Waals surface area contributed by atoms with Crippen LogP contribution in [-0.4, -0.2) is 26.8 Å². The third-order valence-electron chi connectivity index (χ3n) is 5.26. The van der Waals surface area contributed by atoms with Gasteiger partial charge in [0.05, 0.1) is 17.4 Å². The summed E-state index contributed by atoms with van der Waals surface area (Å²) in [6.45, 7) is 0. The number of nitrogens with one attached hydrogen (secondary N) is 2. The third-order valence-corrected chi connectivity index (χ3v) is 6.08. The van der Waals surface area contributed by atoms with Crippen molar-refractivity contribution in [3.63, 3.8) is 0 Å².